The molecule has 24 heavy (non-hydrogen) atoms. The van der Waals surface area contributed by atoms with E-state index in [9.17, 15) is 9.59 Å². The lowest BCUT2D eigenvalue weighted by Crippen LogP contribution is -2.16. The molecule has 2 amide bonds. The van der Waals surface area contributed by atoms with Crippen LogP contribution in [0.4, 0.5) is 11.4 Å². The van der Waals surface area contributed by atoms with E-state index < -0.39 is 0 Å². The lowest BCUT2D eigenvalue weighted by molar-refractivity contribution is -0.117. The number of nitrogens with one attached hydrogen (secondary N) is 2. The second-order valence-corrected chi connectivity index (χ2v) is 6.14. The molecule has 4 nitrogen and oxygen atoms in total. The Kier molecular flexibility index (Phi) is 6.55. The van der Waals surface area contributed by atoms with Gasteiger partial charge in [0.2, 0.25) is 11.8 Å². The average Bonchev–Trinajstić information content (AvgIpc) is 2.53. The van der Waals surface area contributed by atoms with Crippen LogP contribution in [0.25, 0.3) is 0 Å². The van der Waals surface area contributed by atoms with Gasteiger partial charge in [-0.2, -0.15) is 0 Å². The van der Waals surface area contributed by atoms with Crippen molar-refractivity contribution in [2.75, 3.05) is 10.6 Å². The van der Waals surface area contributed by atoms with E-state index in [1.165, 1.54) is 12.5 Å². The third kappa shape index (κ3) is 6.24. The Bertz CT molecular complexity index is 683. The van der Waals surface area contributed by atoms with E-state index >= 15 is 0 Å². The van der Waals surface area contributed by atoms with E-state index in [0.717, 1.165) is 12.8 Å². The highest BCUT2D eigenvalue weighted by Gasteiger charge is 2.10. The summed E-state index contributed by atoms with van der Waals surface area (Å²) >= 11 is 0. The van der Waals surface area contributed by atoms with Crippen LogP contribution in [-0.4, -0.2) is 11.8 Å². The molecule has 0 radical (unpaired) electrons. The molecule has 0 aromatic heterocycles. The minimum Gasteiger partial charge on any atom is -0.326 e. The van der Waals surface area contributed by atoms with Crippen LogP contribution in [0.1, 0.15) is 32.3 Å². The molecule has 1 unspecified atom stereocenters. The van der Waals surface area contributed by atoms with Crippen molar-refractivity contribution < 1.29 is 9.59 Å². The van der Waals surface area contributed by atoms with E-state index in [2.05, 4.69) is 29.7 Å². The van der Waals surface area contributed by atoms with Crippen molar-refractivity contribution in [1.82, 2.24) is 0 Å². The fraction of sp³-hybridized carbons (Fsp3) is 0.300. The minimum absolute atomic E-state index is 0.00413. The predicted molar refractivity (Wildman–Crippen MR) is 97.9 cm³/mol. The normalized spacial score (nSPS) is 11.6. The Morgan fingerprint density at radius 3 is 2.29 bits per heavy atom. The Hall–Kier alpha value is -2.62. The lowest BCUT2D eigenvalue weighted by atomic mass is 9.98. The molecule has 0 saturated heterocycles. The highest BCUT2D eigenvalue weighted by Crippen LogP contribution is 2.17. The first-order valence-electron chi connectivity index (χ1n) is 8.24. The van der Waals surface area contributed by atoms with Gasteiger partial charge in [-0.1, -0.05) is 43.3 Å². The first-order valence-corrected chi connectivity index (χ1v) is 8.24. The Labute approximate surface area is 143 Å². The fourth-order valence-corrected chi connectivity index (χ4v) is 2.57. The summed E-state index contributed by atoms with van der Waals surface area (Å²) in [6.07, 6.45) is 2.44. The van der Waals surface area contributed by atoms with Crippen molar-refractivity contribution in [3.05, 3.63) is 60.2 Å². The van der Waals surface area contributed by atoms with E-state index in [1.54, 1.807) is 18.2 Å². The van der Waals surface area contributed by atoms with Gasteiger partial charge in [0.15, 0.2) is 0 Å². The molecule has 0 heterocycles. The highest BCUT2D eigenvalue weighted by molar-refractivity contribution is 5.93. The number of carbonyl (C=O) groups excluding carboxylic acids is 2. The highest BCUT2D eigenvalue weighted by atomic mass is 16.2. The van der Waals surface area contributed by atoms with Crippen LogP contribution in [0, 0.1) is 5.92 Å². The Balaban J connectivity index is 1.81. The largest absolute Gasteiger partial charge is 0.326 e. The van der Waals surface area contributed by atoms with Crippen LogP contribution >= 0.6 is 0 Å². The van der Waals surface area contributed by atoms with Gasteiger partial charge in [-0.05, 0) is 42.5 Å². The van der Waals surface area contributed by atoms with Gasteiger partial charge in [-0.3, -0.25) is 9.59 Å². The van der Waals surface area contributed by atoms with Crippen LogP contribution in [-0.2, 0) is 16.0 Å². The number of hydrogen-bond acceptors (Lipinski definition) is 2. The molecule has 0 aliphatic carbocycles. The molecule has 2 aromatic carbocycles. The van der Waals surface area contributed by atoms with Crippen molar-refractivity contribution in [2.24, 2.45) is 5.92 Å². The van der Waals surface area contributed by atoms with Gasteiger partial charge in [0.1, 0.15) is 0 Å². The number of benzene rings is 2. The molecule has 1 atom stereocenters. The number of hydrogen-bond donors (Lipinski definition) is 2. The molecule has 126 valence electrons. The van der Waals surface area contributed by atoms with Crippen molar-refractivity contribution in [1.29, 1.82) is 0 Å². The number of rotatable bonds is 7. The zero-order chi connectivity index (χ0) is 17.4. The van der Waals surface area contributed by atoms with Crippen molar-refractivity contribution >= 4 is 23.2 Å². The van der Waals surface area contributed by atoms with E-state index in [0.29, 0.717) is 23.7 Å². The summed E-state index contributed by atoms with van der Waals surface area (Å²) in [4.78, 5) is 23.3. The van der Waals surface area contributed by atoms with Crippen molar-refractivity contribution in [3.8, 4) is 0 Å². The number of amides is 2. The molecule has 0 aliphatic rings. The predicted octanol–water partition coefficient (Wildman–Crippen LogP) is 4.24. The fourth-order valence-electron chi connectivity index (χ4n) is 2.57. The maximum absolute atomic E-state index is 12.2. The van der Waals surface area contributed by atoms with Gasteiger partial charge in [-0.25, -0.2) is 0 Å². The first kappa shape index (κ1) is 17.7. The molecular formula is C20H24N2O2. The molecule has 0 spiro atoms. The van der Waals surface area contributed by atoms with Gasteiger partial charge in [0.05, 0.1) is 0 Å². The third-order valence-electron chi connectivity index (χ3n) is 3.77. The zero-order valence-corrected chi connectivity index (χ0v) is 14.2. The summed E-state index contributed by atoms with van der Waals surface area (Å²) in [6.45, 7) is 3.55. The summed E-state index contributed by atoms with van der Waals surface area (Å²) in [7, 11) is 0. The third-order valence-corrected chi connectivity index (χ3v) is 3.77. The van der Waals surface area contributed by atoms with Gasteiger partial charge in [0, 0.05) is 24.7 Å². The maximum Gasteiger partial charge on any atom is 0.224 e. The van der Waals surface area contributed by atoms with E-state index in [1.807, 2.05) is 24.3 Å². The Morgan fingerprint density at radius 1 is 0.958 bits per heavy atom. The van der Waals surface area contributed by atoms with E-state index in [-0.39, 0.29) is 11.8 Å². The summed E-state index contributed by atoms with van der Waals surface area (Å²) in [5, 5.41) is 5.60. The average molecular weight is 324 g/mol. The molecule has 0 bridgehead atoms. The van der Waals surface area contributed by atoms with Crippen molar-refractivity contribution in [2.45, 2.75) is 33.1 Å². The second kappa shape index (κ2) is 8.87. The van der Waals surface area contributed by atoms with Gasteiger partial charge >= 0.3 is 0 Å². The first-order chi connectivity index (χ1) is 11.5. The molecular weight excluding hydrogens is 300 g/mol. The second-order valence-electron chi connectivity index (χ2n) is 6.14. The molecule has 2 N–H and O–H groups in total. The number of carbonyl (C=O) groups is 2. The van der Waals surface area contributed by atoms with Gasteiger partial charge in [-0.15, -0.1) is 0 Å². The molecule has 2 aromatic rings. The monoisotopic (exact) mass is 324 g/mol. The quantitative estimate of drug-likeness (QED) is 0.800. The van der Waals surface area contributed by atoms with E-state index in [4.69, 9.17) is 0 Å². The maximum atomic E-state index is 12.2. The van der Waals surface area contributed by atoms with Crippen LogP contribution in [0.2, 0.25) is 0 Å². The van der Waals surface area contributed by atoms with Gasteiger partial charge < -0.3 is 10.6 Å². The lowest BCUT2D eigenvalue weighted by Gasteiger charge is -2.12. The van der Waals surface area contributed by atoms with Crippen LogP contribution in [0.5, 0.6) is 0 Å². The molecule has 2 rings (SSSR count). The zero-order valence-electron chi connectivity index (χ0n) is 14.2. The minimum atomic E-state index is -0.131. The van der Waals surface area contributed by atoms with Crippen LogP contribution < -0.4 is 10.6 Å². The van der Waals surface area contributed by atoms with Crippen LogP contribution in [0.15, 0.2) is 54.6 Å². The van der Waals surface area contributed by atoms with Gasteiger partial charge in [0.25, 0.3) is 0 Å². The molecule has 0 aliphatic heterocycles. The molecule has 0 fully saturated rings. The summed E-state index contributed by atoms with van der Waals surface area (Å²) in [5.74, 6) is 0.173. The summed E-state index contributed by atoms with van der Waals surface area (Å²) < 4.78 is 0. The summed E-state index contributed by atoms with van der Waals surface area (Å²) in [5.41, 5.74) is 2.67. The van der Waals surface area contributed by atoms with Crippen molar-refractivity contribution in [3.63, 3.8) is 0 Å². The smallest absolute Gasteiger partial charge is 0.224 e. The SMILES string of the molecule is CC(=O)Nc1cccc(NC(=O)CC(C)CCc2ccccc2)c1. The summed E-state index contributed by atoms with van der Waals surface area (Å²) in [6, 6.07) is 17.5. The molecule has 0 saturated carbocycles. The standard InChI is InChI=1S/C20H24N2O2/c1-15(11-12-17-7-4-3-5-8-17)13-20(24)22-19-10-6-9-18(14-19)21-16(2)23/h3-10,14-15H,11-13H2,1-2H3,(H,21,23)(H,22,24). The topological polar surface area (TPSA) is 58.2 Å². The number of anilines is 2. The Morgan fingerprint density at radius 2 is 1.62 bits per heavy atom. The molecule has 4 heteroatoms. The van der Waals surface area contributed by atoms with Crippen LogP contribution in [0.3, 0.4) is 0 Å². The number of aryl methyl sites for hydroxylation is 1.